The number of pyridine rings is 1. The van der Waals surface area contributed by atoms with Crippen molar-refractivity contribution < 1.29 is 13.9 Å². The summed E-state index contributed by atoms with van der Waals surface area (Å²) >= 11 is 11.7. The predicted octanol–water partition coefficient (Wildman–Crippen LogP) is 6.00. The number of aromatic nitrogens is 3. The van der Waals surface area contributed by atoms with Gasteiger partial charge in [-0.15, -0.1) is 0 Å². The van der Waals surface area contributed by atoms with Crippen LogP contribution in [0.4, 0.5) is 26.4 Å². The van der Waals surface area contributed by atoms with Crippen LogP contribution in [0.25, 0.3) is 11.1 Å². The summed E-state index contributed by atoms with van der Waals surface area (Å²) in [4.78, 5) is 24.2. The topological polar surface area (TPSA) is 115 Å². The molecule has 0 fully saturated rings. The number of nitrogen functional groups attached to an aromatic ring is 1. The van der Waals surface area contributed by atoms with Crippen LogP contribution in [0.2, 0.25) is 10.0 Å². The number of hydrogen-bond acceptors (Lipinski definition) is 6. The highest BCUT2D eigenvalue weighted by atomic mass is 35.5. The first-order valence-electron chi connectivity index (χ1n) is 9.42. The fourth-order valence-electron chi connectivity index (χ4n) is 2.80. The molecule has 4 N–H and O–H groups in total. The smallest absolute Gasteiger partial charge is 0.323 e. The van der Waals surface area contributed by atoms with Crippen molar-refractivity contribution in [2.24, 2.45) is 0 Å². The van der Waals surface area contributed by atoms with Gasteiger partial charge in [0.15, 0.2) is 0 Å². The van der Waals surface area contributed by atoms with Gasteiger partial charge in [-0.2, -0.15) is 0 Å². The number of rotatable bonds is 5. The number of carbonyl (C=O) groups excluding carboxylic acids is 1. The second-order valence-electron chi connectivity index (χ2n) is 6.67. The summed E-state index contributed by atoms with van der Waals surface area (Å²) in [7, 11) is 0. The summed E-state index contributed by atoms with van der Waals surface area (Å²) in [6.45, 7) is 0. The number of anilines is 3. The summed E-state index contributed by atoms with van der Waals surface area (Å²) in [5, 5.41) is 5.58. The van der Waals surface area contributed by atoms with Crippen molar-refractivity contribution in [3.05, 3.63) is 83.0 Å². The number of carbonyl (C=O) groups is 1. The Kier molecular flexibility index (Phi) is 6.53. The molecule has 11 heteroatoms. The van der Waals surface area contributed by atoms with Crippen molar-refractivity contribution in [1.29, 1.82) is 0 Å². The van der Waals surface area contributed by atoms with Crippen LogP contribution in [0.5, 0.6) is 11.8 Å². The van der Waals surface area contributed by atoms with E-state index in [2.05, 4.69) is 25.6 Å². The van der Waals surface area contributed by atoms with Gasteiger partial charge in [0.2, 0.25) is 0 Å². The van der Waals surface area contributed by atoms with E-state index < -0.39 is 11.8 Å². The summed E-state index contributed by atoms with van der Waals surface area (Å²) in [5.41, 5.74) is 7.70. The summed E-state index contributed by atoms with van der Waals surface area (Å²) in [6.07, 6.45) is 4.19. The van der Waals surface area contributed by atoms with E-state index >= 15 is 0 Å². The third kappa shape index (κ3) is 5.65. The zero-order valence-corrected chi connectivity index (χ0v) is 18.2. The van der Waals surface area contributed by atoms with E-state index in [1.807, 2.05) is 0 Å². The Hall–Kier alpha value is -3.95. The fraction of sp³-hybridized carbons (Fsp3) is 0. The summed E-state index contributed by atoms with van der Waals surface area (Å²) < 4.78 is 19.4. The largest absolute Gasteiger partial charge is 0.424 e. The second kappa shape index (κ2) is 9.68. The van der Waals surface area contributed by atoms with Crippen molar-refractivity contribution in [3.63, 3.8) is 0 Å². The number of benzene rings is 2. The second-order valence-corrected chi connectivity index (χ2v) is 7.54. The first-order chi connectivity index (χ1) is 15.9. The molecule has 4 rings (SSSR count). The SMILES string of the molecule is Nc1ncc(Cl)cc1-c1ccc(Oc2ncc(NC(=O)Nc3ccc(Cl)cc3F)cn2)cc1. The molecular formula is C22H15Cl2FN6O2. The minimum absolute atomic E-state index is 0.0171. The molecule has 2 aromatic heterocycles. The molecule has 0 radical (unpaired) electrons. The maximum atomic E-state index is 13.8. The van der Waals surface area contributed by atoms with Crippen molar-refractivity contribution >= 4 is 46.4 Å². The van der Waals surface area contributed by atoms with Crippen molar-refractivity contribution in [2.45, 2.75) is 0 Å². The molecule has 2 heterocycles. The third-order valence-corrected chi connectivity index (χ3v) is 4.77. The van der Waals surface area contributed by atoms with Crippen LogP contribution >= 0.6 is 23.2 Å². The van der Waals surface area contributed by atoms with Gasteiger partial charge in [0.1, 0.15) is 17.4 Å². The zero-order chi connectivity index (χ0) is 23.4. The molecular weight excluding hydrogens is 470 g/mol. The molecule has 0 aliphatic carbocycles. The molecule has 33 heavy (non-hydrogen) atoms. The van der Waals surface area contributed by atoms with E-state index in [1.54, 1.807) is 30.3 Å². The predicted molar refractivity (Wildman–Crippen MR) is 125 cm³/mol. The van der Waals surface area contributed by atoms with Crippen LogP contribution in [0, 0.1) is 5.82 Å². The van der Waals surface area contributed by atoms with Gasteiger partial charge < -0.3 is 21.1 Å². The normalized spacial score (nSPS) is 10.5. The molecule has 2 amide bonds. The quantitative estimate of drug-likeness (QED) is 0.319. The molecule has 166 valence electrons. The van der Waals surface area contributed by atoms with Crippen molar-refractivity contribution in [1.82, 2.24) is 15.0 Å². The zero-order valence-electron chi connectivity index (χ0n) is 16.7. The van der Waals surface area contributed by atoms with Gasteiger partial charge in [0.25, 0.3) is 0 Å². The average Bonchev–Trinajstić information content (AvgIpc) is 2.79. The van der Waals surface area contributed by atoms with Gasteiger partial charge in [-0.25, -0.2) is 24.1 Å². The Bertz CT molecular complexity index is 1300. The highest BCUT2D eigenvalue weighted by Gasteiger charge is 2.10. The molecule has 2 aromatic carbocycles. The Balaban J connectivity index is 1.37. The van der Waals surface area contributed by atoms with Gasteiger partial charge in [-0.3, -0.25) is 0 Å². The Morgan fingerprint density at radius 1 is 0.909 bits per heavy atom. The molecule has 0 atom stereocenters. The van der Waals surface area contributed by atoms with Gasteiger partial charge in [-0.1, -0.05) is 35.3 Å². The molecule has 0 saturated carbocycles. The van der Waals surface area contributed by atoms with Crippen LogP contribution < -0.4 is 21.1 Å². The number of nitrogens with one attached hydrogen (secondary N) is 2. The highest BCUT2D eigenvalue weighted by Crippen LogP contribution is 2.29. The van der Waals surface area contributed by atoms with Crippen LogP contribution in [0.1, 0.15) is 0 Å². The lowest BCUT2D eigenvalue weighted by atomic mass is 10.1. The molecule has 0 aliphatic heterocycles. The average molecular weight is 485 g/mol. The number of amides is 2. The molecule has 0 unspecified atom stereocenters. The minimum atomic E-state index is -0.668. The van der Waals surface area contributed by atoms with Crippen molar-refractivity contribution in [3.8, 4) is 22.9 Å². The number of nitrogens with two attached hydrogens (primary N) is 1. The van der Waals surface area contributed by atoms with Crippen LogP contribution in [0.3, 0.4) is 0 Å². The summed E-state index contributed by atoms with van der Waals surface area (Å²) in [5.74, 6) is 0.198. The lowest BCUT2D eigenvalue weighted by Gasteiger charge is -2.09. The fourth-order valence-corrected chi connectivity index (χ4v) is 3.11. The van der Waals surface area contributed by atoms with E-state index in [4.69, 9.17) is 33.7 Å². The molecule has 0 bridgehead atoms. The number of hydrogen-bond donors (Lipinski definition) is 3. The molecule has 0 spiro atoms. The van der Waals surface area contributed by atoms with Crippen molar-refractivity contribution in [2.75, 3.05) is 16.4 Å². The lowest BCUT2D eigenvalue weighted by molar-refractivity contribution is 0.262. The van der Waals surface area contributed by atoms with Gasteiger partial charge in [0, 0.05) is 16.8 Å². The molecule has 4 aromatic rings. The Labute approximate surface area is 197 Å². The number of nitrogens with zero attached hydrogens (tertiary/aromatic N) is 3. The van der Waals surface area contributed by atoms with Crippen LogP contribution in [-0.2, 0) is 0 Å². The van der Waals surface area contributed by atoms with E-state index in [1.165, 1.54) is 30.7 Å². The van der Waals surface area contributed by atoms with Gasteiger partial charge >= 0.3 is 12.0 Å². The molecule has 8 nitrogen and oxygen atoms in total. The lowest BCUT2D eigenvalue weighted by Crippen LogP contribution is -2.20. The first kappa shape index (κ1) is 22.3. The number of ether oxygens (including phenoxy) is 1. The van der Waals surface area contributed by atoms with Crippen LogP contribution in [-0.4, -0.2) is 21.0 Å². The Morgan fingerprint density at radius 2 is 1.64 bits per heavy atom. The maximum Gasteiger partial charge on any atom is 0.323 e. The van der Waals surface area contributed by atoms with Crippen LogP contribution in [0.15, 0.2) is 67.1 Å². The number of urea groups is 1. The molecule has 0 saturated heterocycles. The summed E-state index contributed by atoms with van der Waals surface area (Å²) in [6, 6.07) is 12.1. The first-order valence-corrected chi connectivity index (χ1v) is 10.2. The van der Waals surface area contributed by atoms with E-state index in [9.17, 15) is 9.18 Å². The van der Waals surface area contributed by atoms with E-state index in [0.717, 1.165) is 11.6 Å². The Morgan fingerprint density at radius 3 is 2.33 bits per heavy atom. The standard InChI is InChI=1S/C22H15Cl2FN6O2/c23-13-3-6-19(18(25)8-13)31-21(32)30-15-10-28-22(29-11-15)33-16-4-1-12(2-5-16)17-7-14(24)9-27-20(17)26/h1-11H,(H2,26,27)(H2,30,31,32). The highest BCUT2D eigenvalue weighted by molar-refractivity contribution is 6.31. The van der Waals surface area contributed by atoms with Gasteiger partial charge in [0.05, 0.1) is 28.8 Å². The molecule has 0 aliphatic rings. The minimum Gasteiger partial charge on any atom is -0.424 e. The third-order valence-electron chi connectivity index (χ3n) is 4.32. The van der Waals surface area contributed by atoms with E-state index in [0.29, 0.717) is 22.2 Å². The van der Waals surface area contributed by atoms with Gasteiger partial charge in [-0.05, 0) is 42.0 Å². The monoisotopic (exact) mass is 484 g/mol. The number of halogens is 3. The van der Waals surface area contributed by atoms with E-state index in [-0.39, 0.29) is 22.4 Å². The maximum absolute atomic E-state index is 13.8.